The van der Waals surface area contributed by atoms with Crippen molar-refractivity contribution in [1.29, 1.82) is 0 Å². The molecule has 50 valence electrons. The van der Waals surface area contributed by atoms with Crippen LogP contribution in [0.3, 0.4) is 0 Å². The quantitative estimate of drug-likeness (QED) is 0.577. The zero-order chi connectivity index (χ0) is 8.72. The maximum Gasteiger partial charge on any atom is 0.0678 e. The Morgan fingerprint density at radius 3 is 3.40 bits per heavy atom. The summed E-state index contributed by atoms with van der Waals surface area (Å²) in [5, 5.41) is 0. The molecular weight excluding hydrogens is 124 g/mol. The highest BCUT2D eigenvalue weighted by atomic mass is 14.7. The van der Waals surface area contributed by atoms with Crippen molar-refractivity contribution in [3.63, 3.8) is 0 Å². The second-order valence-corrected chi connectivity index (χ2v) is 2.18. The predicted octanol–water partition coefficient (Wildman–Crippen LogP) is 1.11. The lowest BCUT2D eigenvalue weighted by Crippen LogP contribution is -2.04. The molecule has 1 aromatic rings. The van der Waals surface area contributed by atoms with Gasteiger partial charge < -0.3 is 5.73 Å². The molecule has 1 atom stereocenters. The molecule has 2 heteroatoms. The Bertz CT molecular complexity index is 360. The van der Waals surface area contributed by atoms with Gasteiger partial charge in [0.1, 0.15) is 0 Å². The molecule has 0 aromatic carbocycles. The van der Waals surface area contributed by atoms with E-state index in [0.717, 1.165) is 0 Å². The molecule has 10 heavy (non-hydrogen) atoms. The number of hydrogen-bond acceptors (Lipinski definition) is 2. The molecule has 0 spiro atoms. The first-order valence-electron chi connectivity index (χ1n) is 4.09. The summed E-state index contributed by atoms with van der Waals surface area (Å²) in [6.45, 7) is 0. The fraction of sp³-hybridized carbons (Fsp3) is 0.125. The predicted molar refractivity (Wildman–Crippen MR) is 40.2 cm³/mol. The molecule has 2 rings (SSSR count). The summed E-state index contributed by atoms with van der Waals surface area (Å²) in [6.07, 6.45) is 3.17. The van der Waals surface area contributed by atoms with Crippen LogP contribution >= 0.6 is 0 Å². The van der Waals surface area contributed by atoms with Crippen molar-refractivity contribution in [1.82, 2.24) is 4.98 Å². The van der Waals surface area contributed by atoms with E-state index in [1.165, 1.54) is 0 Å². The highest BCUT2D eigenvalue weighted by molar-refractivity contribution is 5.57. The summed E-state index contributed by atoms with van der Waals surface area (Å²) < 4.78 is 15.0. The van der Waals surface area contributed by atoms with Crippen LogP contribution in [0, 0.1) is 0 Å². The van der Waals surface area contributed by atoms with E-state index in [1.54, 1.807) is 18.3 Å². The number of rotatable bonds is 0. The molecular formula is C8H8N2. The summed E-state index contributed by atoms with van der Waals surface area (Å²) in [5.74, 6) is 0. The third-order valence-corrected chi connectivity index (χ3v) is 1.51. The number of aromatic nitrogens is 1. The number of pyridine rings is 1. The Labute approximate surface area is 62.2 Å². The normalized spacial score (nSPS) is 24.9. The zero-order valence-corrected chi connectivity index (χ0v) is 5.33. The van der Waals surface area contributed by atoms with Crippen molar-refractivity contribution in [2.45, 2.75) is 6.04 Å². The number of nitrogens with two attached hydrogens (primary N) is 1. The maximum atomic E-state index is 7.54. The van der Waals surface area contributed by atoms with Crippen LogP contribution in [0.1, 0.15) is 20.0 Å². The van der Waals surface area contributed by atoms with Gasteiger partial charge in [-0.15, -0.1) is 0 Å². The third kappa shape index (κ3) is 0.660. The van der Waals surface area contributed by atoms with E-state index in [9.17, 15) is 0 Å². The molecule has 0 aliphatic heterocycles. The standard InChI is InChI=1S/C8H8N2/c9-7-3-4-8-6(7)2-1-5-10-8/h1-5,7H,9H2/t7-/m0/s1/i2D,3D. The lowest BCUT2D eigenvalue weighted by molar-refractivity contribution is 0.922. The first kappa shape index (κ1) is 3.88. The minimum absolute atomic E-state index is 0.331. The van der Waals surface area contributed by atoms with Gasteiger partial charge in [0.2, 0.25) is 0 Å². The monoisotopic (exact) mass is 134 g/mol. The van der Waals surface area contributed by atoms with Crippen LogP contribution in [0.25, 0.3) is 6.08 Å². The Balaban J connectivity index is 2.63. The number of fused-ring (bicyclic) bond motifs is 1. The molecule has 0 fully saturated rings. The summed E-state index contributed by atoms with van der Waals surface area (Å²) in [6, 6.07) is 1.83. The second kappa shape index (κ2) is 1.92. The molecule has 0 bridgehead atoms. The average Bonchev–Trinajstić information content (AvgIpc) is 2.29. The Morgan fingerprint density at radius 1 is 1.70 bits per heavy atom. The smallest absolute Gasteiger partial charge is 0.0678 e. The molecule has 0 saturated carbocycles. The molecule has 1 aliphatic carbocycles. The number of nitrogens with zero attached hydrogens (tertiary/aromatic N) is 1. The van der Waals surface area contributed by atoms with Gasteiger partial charge in [-0.2, -0.15) is 0 Å². The molecule has 1 aliphatic rings. The fourth-order valence-corrected chi connectivity index (χ4v) is 1.00. The van der Waals surface area contributed by atoms with Crippen molar-refractivity contribution in [2.75, 3.05) is 0 Å². The van der Waals surface area contributed by atoms with Crippen molar-refractivity contribution >= 4 is 6.08 Å². The van der Waals surface area contributed by atoms with Crippen LogP contribution < -0.4 is 5.73 Å². The number of hydrogen-bond donors (Lipinski definition) is 1. The summed E-state index contributed by atoms with van der Waals surface area (Å²) in [5.41, 5.74) is 7.01. The van der Waals surface area contributed by atoms with Gasteiger partial charge in [-0.25, -0.2) is 0 Å². The van der Waals surface area contributed by atoms with Gasteiger partial charge in [-0.05, 0) is 17.7 Å². The average molecular weight is 134 g/mol. The van der Waals surface area contributed by atoms with Crippen molar-refractivity contribution in [3.8, 4) is 0 Å². The SMILES string of the molecule is [2H]C1=Cc2nccc([2H])c2[C@H]1N. The van der Waals surface area contributed by atoms with E-state index < -0.39 is 6.04 Å². The largest absolute Gasteiger partial charge is 0.321 e. The van der Waals surface area contributed by atoms with Gasteiger partial charge in [0.15, 0.2) is 0 Å². The van der Waals surface area contributed by atoms with Gasteiger partial charge in [-0.3, -0.25) is 4.98 Å². The van der Waals surface area contributed by atoms with E-state index in [-0.39, 0.29) is 0 Å². The van der Waals surface area contributed by atoms with Gasteiger partial charge >= 0.3 is 0 Å². The molecule has 1 aromatic heterocycles. The van der Waals surface area contributed by atoms with Crippen LogP contribution in [0.2, 0.25) is 0 Å². The molecule has 0 amide bonds. The van der Waals surface area contributed by atoms with Gasteiger partial charge in [0, 0.05) is 6.20 Å². The zero-order valence-electron chi connectivity index (χ0n) is 7.33. The summed E-state index contributed by atoms with van der Waals surface area (Å²) in [7, 11) is 0. The molecule has 2 nitrogen and oxygen atoms in total. The molecule has 0 saturated heterocycles. The van der Waals surface area contributed by atoms with E-state index in [2.05, 4.69) is 4.98 Å². The Kier molecular flexibility index (Phi) is 0.746. The van der Waals surface area contributed by atoms with Crippen molar-refractivity contribution < 1.29 is 2.74 Å². The van der Waals surface area contributed by atoms with E-state index in [0.29, 0.717) is 23.4 Å². The Morgan fingerprint density at radius 2 is 2.60 bits per heavy atom. The van der Waals surface area contributed by atoms with Crippen LogP contribution in [-0.2, 0) is 0 Å². The van der Waals surface area contributed by atoms with Gasteiger partial charge in [0.25, 0.3) is 0 Å². The summed E-state index contributed by atoms with van der Waals surface area (Å²) >= 11 is 0. The fourth-order valence-electron chi connectivity index (χ4n) is 1.00. The van der Waals surface area contributed by atoms with E-state index >= 15 is 0 Å². The third-order valence-electron chi connectivity index (χ3n) is 1.51. The minimum Gasteiger partial charge on any atom is -0.321 e. The molecule has 1 heterocycles. The summed E-state index contributed by atoms with van der Waals surface area (Å²) in [4.78, 5) is 4.02. The van der Waals surface area contributed by atoms with Crippen molar-refractivity contribution in [2.24, 2.45) is 5.73 Å². The highest BCUT2D eigenvalue weighted by Crippen LogP contribution is 2.22. The Hall–Kier alpha value is -1.15. The maximum absolute atomic E-state index is 7.54. The van der Waals surface area contributed by atoms with Gasteiger partial charge in [0.05, 0.1) is 14.5 Å². The topological polar surface area (TPSA) is 38.9 Å². The highest BCUT2D eigenvalue weighted by Gasteiger charge is 2.11. The van der Waals surface area contributed by atoms with E-state index in [4.69, 9.17) is 8.48 Å². The van der Waals surface area contributed by atoms with Crippen LogP contribution in [0.4, 0.5) is 0 Å². The van der Waals surface area contributed by atoms with Crippen molar-refractivity contribution in [3.05, 3.63) is 35.6 Å². The lowest BCUT2D eigenvalue weighted by Gasteiger charge is -2.00. The first-order chi connectivity index (χ1) is 5.70. The molecule has 0 unspecified atom stereocenters. The molecule has 0 radical (unpaired) electrons. The minimum atomic E-state index is -0.457. The van der Waals surface area contributed by atoms with Crippen LogP contribution in [0.15, 0.2) is 24.4 Å². The lowest BCUT2D eigenvalue weighted by atomic mass is 10.1. The molecule has 2 N–H and O–H groups in total. The van der Waals surface area contributed by atoms with Crippen LogP contribution in [-0.4, -0.2) is 4.98 Å². The second-order valence-electron chi connectivity index (χ2n) is 2.18. The van der Waals surface area contributed by atoms with Gasteiger partial charge in [-0.1, -0.05) is 12.1 Å². The first-order valence-corrected chi connectivity index (χ1v) is 3.09. The van der Waals surface area contributed by atoms with E-state index in [1.807, 2.05) is 0 Å². The van der Waals surface area contributed by atoms with Crippen LogP contribution in [0.5, 0.6) is 0 Å².